The smallest absolute Gasteiger partial charge is 0.140 e. The third-order valence-corrected chi connectivity index (χ3v) is 2.02. The first-order chi connectivity index (χ1) is 5.52. The van der Waals surface area contributed by atoms with Gasteiger partial charge in [-0.25, -0.2) is 8.78 Å². The minimum absolute atomic E-state index is 0.302. The Morgan fingerprint density at radius 1 is 1.42 bits per heavy atom. The first-order valence-electron chi connectivity index (χ1n) is 2.88. The van der Waals surface area contributed by atoms with Crippen LogP contribution in [0.4, 0.5) is 8.78 Å². The van der Waals surface area contributed by atoms with E-state index >= 15 is 0 Å². The number of carboxylic acids is 1. The van der Waals surface area contributed by atoms with Crippen LogP contribution in [-0.2, 0) is 0 Å². The van der Waals surface area contributed by atoms with Gasteiger partial charge in [-0.2, -0.15) is 0 Å². The zero-order valence-corrected chi connectivity index (χ0v) is 7.19. The molecule has 0 radical (unpaired) electrons. The van der Waals surface area contributed by atoms with Crippen molar-refractivity contribution >= 4 is 21.9 Å². The highest BCUT2D eigenvalue weighted by Gasteiger charge is 2.08. The SMILES string of the molecule is O=C([O-])c1cc(F)cc(F)c1Br. The average molecular weight is 236 g/mol. The van der Waals surface area contributed by atoms with Crippen LogP contribution in [0, 0.1) is 11.6 Å². The van der Waals surface area contributed by atoms with E-state index in [-0.39, 0.29) is 4.47 Å². The normalized spacial score (nSPS) is 9.92. The standard InChI is InChI=1S/C7H3BrF2O2/c8-6-4(7(11)12)1-3(9)2-5(6)10/h1-2H,(H,11,12)/p-1. The van der Waals surface area contributed by atoms with E-state index < -0.39 is 23.2 Å². The van der Waals surface area contributed by atoms with Crippen LogP contribution in [0.2, 0.25) is 0 Å². The van der Waals surface area contributed by atoms with Crippen molar-refractivity contribution < 1.29 is 18.7 Å². The number of carboxylic acid groups (broad SMARTS) is 1. The second-order valence-electron chi connectivity index (χ2n) is 2.04. The number of aromatic carboxylic acids is 1. The largest absolute Gasteiger partial charge is 0.545 e. The van der Waals surface area contributed by atoms with Crippen LogP contribution in [-0.4, -0.2) is 5.97 Å². The number of halogens is 3. The Bertz CT molecular complexity index is 338. The molecule has 0 saturated heterocycles. The Kier molecular flexibility index (Phi) is 2.42. The van der Waals surface area contributed by atoms with E-state index in [0.29, 0.717) is 12.1 Å². The molecule has 1 rings (SSSR count). The molecule has 0 atom stereocenters. The van der Waals surface area contributed by atoms with Crippen LogP contribution in [0.25, 0.3) is 0 Å². The van der Waals surface area contributed by atoms with Gasteiger partial charge in [0.2, 0.25) is 0 Å². The molecule has 0 unspecified atom stereocenters. The molecule has 0 bridgehead atoms. The quantitative estimate of drug-likeness (QED) is 0.684. The van der Waals surface area contributed by atoms with Crippen molar-refractivity contribution in [2.75, 3.05) is 0 Å². The van der Waals surface area contributed by atoms with Gasteiger partial charge in [0.25, 0.3) is 0 Å². The molecular weight excluding hydrogens is 234 g/mol. The highest BCUT2D eigenvalue weighted by atomic mass is 79.9. The monoisotopic (exact) mass is 235 g/mol. The average Bonchev–Trinajstić information content (AvgIpc) is 1.96. The van der Waals surface area contributed by atoms with Gasteiger partial charge in [0.05, 0.1) is 10.4 Å². The van der Waals surface area contributed by atoms with Gasteiger partial charge in [-0.1, -0.05) is 0 Å². The van der Waals surface area contributed by atoms with E-state index in [2.05, 4.69) is 15.9 Å². The minimum Gasteiger partial charge on any atom is -0.545 e. The van der Waals surface area contributed by atoms with Crippen LogP contribution >= 0.6 is 15.9 Å². The minimum atomic E-state index is -1.62. The Balaban J connectivity index is 3.37. The van der Waals surface area contributed by atoms with E-state index in [9.17, 15) is 18.7 Å². The molecule has 1 aromatic carbocycles. The second kappa shape index (κ2) is 3.18. The van der Waals surface area contributed by atoms with Crippen molar-refractivity contribution in [2.45, 2.75) is 0 Å². The van der Waals surface area contributed by atoms with E-state index in [1.807, 2.05) is 0 Å². The predicted molar refractivity (Wildman–Crippen MR) is 38.4 cm³/mol. The van der Waals surface area contributed by atoms with Crippen molar-refractivity contribution in [3.63, 3.8) is 0 Å². The number of carbonyl (C=O) groups excluding carboxylic acids is 1. The van der Waals surface area contributed by atoms with Crippen LogP contribution in [0.1, 0.15) is 10.4 Å². The molecule has 0 saturated carbocycles. The molecule has 5 heteroatoms. The predicted octanol–water partition coefficient (Wildman–Crippen LogP) is 1.09. The van der Waals surface area contributed by atoms with Crippen molar-refractivity contribution in [1.82, 2.24) is 0 Å². The number of carbonyl (C=O) groups is 1. The van der Waals surface area contributed by atoms with E-state index in [1.165, 1.54) is 0 Å². The molecule has 0 aliphatic rings. The van der Waals surface area contributed by atoms with Crippen LogP contribution in [0.5, 0.6) is 0 Å². The fourth-order valence-corrected chi connectivity index (χ4v) is 1.10. The molecule has 0 aromatic heterocycles. The summed E-state index contributed by atoms with van der Waals surface area (Å²) < 4.78 is 24.7. The highest BCUT2D eigenvalue weighted by Crippen LogP contribution is 2.21. The number of hydrogen-bond donors (Lipinski definition) is 0. The van der Waals surface area contributed by atoms with Gasteiger partial charge in [0.1, 0.15) is 11.6 Å². The molecule has 2 nitrogen and oxygen atoms in total. The highest BCUT2D eigenvalue weighted by molar-refractivity contribution is 9.10. The summed E-state index contributed by atoms with van der Waals surface area (Å²) in [6.07, 6.45) is 0. The summed E-state index contributed by atoms with van der Waals surface area (Å²) in [6, 6.07) is 1.26. The second-order valence-corrected chi connectivity index (χ2v) is 2.83. The first-order valence-corrected chi connectivity index (χ1v) is 3.67. The lowest BCUT2D eigenvalue weighted by Crippen LogP contribution is -2.23. The van der Waals surface area contributed by atoms with Crippen LogP contribution < -0.4 is 5.11 Å². The lowest BCUT2D eigenvalue weighted by molar-refractivity contribution is -0.255. The van der Waals surface area contributed by atoms with E-state index in [1.54, 1.807) is 0 Å². The molecule has 0 aliphatic carbocycles. The molecular formula is C7H2BrF2O2-. The Morgan fingerprint density at radius 3 is 2.50 bits per heavy atom. The van der Waals surface area contributed by atoms with Crippen molar-refractivity contribution in [1.29, 1.82) is 0 Å². The molecule has 64 valence electrons. The molecule has 0 N–H and O–H groups in total. The van der Waals surface area contributed by atoms with Gasteiger partial charge < -0.3 is 9.90 Å². The lowest BCUT2D eigenvalue weighted by atomic mass is 10.2. The number of benzene rings is 1. The maximum Gasteiger partial charge on any atom is 0.140 e. The third kappa shape index (κ3) is 1.61. The van der Waals surface area contributed by atoms with Crippen LogP contribution in [0.15, 0.2) is 16.6 Å². The Hall–Kier alpha value is -0.970. The van der Waals surface area contributed by atoms with E-state index in [4.69, 9.17) is 0 Å². The zero-order chi connectivity index (χ0) is 9.30. The fraction of sp³-hybridized carbons (Fsp3) is 0. The van der Waals surface area contributed by atoms with Crippen LogP contribution in [0.3, 0.4) is 0 Å². The Morgan fingerprint density at radius 2 is 2.00 bits per heavy atom. The summed E-state index contributed by atoms with van der Waals surface area (Å²) in [4.78, 5) is 10.3. The molecule has 1 aromatic rings. The zero-order valence-electron chi connectivity index (χ0n) is 5.61. The topological polar surface area (TPSA) is 40.1 Å². The van der Waals surface area contributed by atoms with Gasteiger partial charge in [0, 0.05) is 11.6 Å². The van der Waals surface area contributed by atoms with Crippen molar-refractivity contribution in [3.8, 4) is 0 Å². The van der Waals surface area contributed by atoms with Gasteiger partial charge in [-0.15, -0.1) is 0 Å². The molecule has 0 amide bonds. The first kappa shape index (κ1) is 9.12. The summed E-state index contributed by atoms with van der Waals surface area (Å²) in [7, 11) is 0. The maximum absolute atomic E-state index is 12.6. The van der Waals surface area contributed by atoms with Gasteiger partial charge in [-0.05, 0) is 22.0 Å². The summed E-state index contributed by atoms with van der Waals surface area (Å²) in [6.45, 7) is 0. The maximum atomic E-state index is 12.6. The summed E-state index contributed by atoms with van der Waals surface area (Å²) in [5.74, 6) is -3.54. The number of hydrogen-bond acceptors (Lipinski definition) is 2. The molecule has 12 heavy (non-hydrogen) atoms. The molecule has 0 spiro atoms. The fourth-order valence-electron chi connectivity index (χ4n) is 0.705. The van der Waals surface area contributed by atoms with Crippen molar-refractivity contribution in [3.05, 3.63) is 33.8 Å². The number of rotatable bonds is 1. The summed E-state index contributed by atoms with van der Waals surface area (Å²) >= 11 is 2.65. The van der Waals surface area contributed by atoms with Crippen molar-refractivity contribution in [2.24, 2.45) is 0 Å². The molecule has 0 aliphatic heterocycles. The Labute approximate surface area is 75.0 Å². The molecule has 0 fully saturated rings. The van der Waals surface area contributed by atoms with E-state index in [0.717, 1.165) is 0 Å². The van der Waals surface area contributed by atoms with Gasteiger partial charge in [0.15, 0.2) is 0 Å². The van der Waals surface area contributed by atoms with Gasteiger partial charge >= 0.3 is 0 Å². The summed E-state index contributed by atoms with van der Waals surface area (Å²) in [5.41, 5.74) is -0.535. The molecule has 0 heterocycles. The third-order valence-electron chi connectivity index (χ3n) is 1.21. The summed E-state index contributed by atoms with van der Waals surface area (Å²) in [5, 5.41) is 10.3. The lowest BCUT2D eigenvalue weighted by Gasteiger charge is -2.05. The van der Waals surface area contributed by atoms with Gasteiger partial charge in [-0.3, -0.25) is 0 Å².